The van der Waals surface area contributed by atoms with Crippen LogP contribution in [0.3, 0.4) is 0 Å². The van der Waals surface area contributed by atoms with Crippen molar-refractivity contribution in [2.75, 3.05) is 0 Å². The van der Waals surface area contributed by atoms with Gasteiger partial charge in [-0.05, 0) is 0 Å². The van der Waals surface area contributed by atoms with Crippen LogP contribution < -0.4 is 0 Å². The Morgan fingerprint density at radius 2 is 2.29 bits per heavy atom. The average molecular weight is 210 g/mol. The third kappa shape index (κ3) is 6.27. The minimum atomic E-state index is 0.192. The Bertz CT molecular complexity index is 82.2. The molecule has 0 fully saturated rings. The van der Waals surface area contributed by atoms with Crippen molar-refractivity contribution in [2.24, 2.45) is 0 Å². The van der Waals surface area contributed by atoms with E-state index in [0.29, 0.717) is 0 Å². The molecule has 0 aliphatic carbocycles. The van der Waals surface area contributed by atoms with Crippen LogP contribution in [0.5, 0.6) is 0 Å². The molecule has 0 unspecified atom stereocenters. The molecule has 0 rings (SSSR count). The van der Waals surface area contributed by atoms with Gasteiger partial charge in [-0.2, -0.15) is 0 Å². The fourth-order valence-corrected chi connectivity index (χ4v) is 1.24. The second kappa shape index (κ2) is 4.43. The molecule has 0 atom stereocenters. The molecule has 0 radical (unpaired) electrons. The van der Waals surface area contributed by atoms with Gasteiger partial charge in [0.1, 0.15) is 0 Å². The van der Waals surface area contributed by atoms with Crippen molar-refractivity contribution in [3.8, 4) is 0 Å². The summed E-state index contributed by atoms with van der Waals surface area (Å²) in [7, 11) is 0. The quantitative estimate of drug-likeness (QED) is 0.481. The first-order chi connectivity index (χ1) is 3.27. The van der Waals surface area contributed by atoms with Crippen LogP contribution in [0.2, 0.25) is 4.97 Å². The molecule has 0 aliphatic rings. The second-order valence-corrected chi connectivity index (χ2v) is 3.51. The Kier molecular flexibility index (Phi) is 4.60. The van der Waals surface area contributed by atoms with Crippen LogP contribution in [0, 0.1) is 0 Å². The van der Waals surface area contributed by atoms with Crippen LogP contribution in [-0.4, -0.2) is 20.9 Å². The van der Waals surface area contributed by atoms with Crippen molar-refractivity contribution in [2.45, 2.75) is 11.9 Å². The normalized spacial score (nSPS) is 10.0. The first-order valence-electron chi connectivity index (χ1n) is 2.12. The summed E-state index contributed by atoms with van der Waals surface area (Å²) < 4.78 is 2.23. The molecule has 0 nitrogen and oxygen atoms in total. The molecule has 0 aromatic heterocycles. The van der Waals surface area contributed by atoms with Gasteiger partial charge in [-0.1, -0.05) is 0 Å². The van der Waals surface area contributed by atoms with Crippen molar-refractivity contribution in [1.82, 2.24) is 0 Å². The van der Waals surface area contributed by atoms with Crippen LogP contribution in [0.15, 0.2) is 22.4 Å². The van der Waals surface area contributed by atoms with Gasteiger partial charge in [0.15, 0.2) is 0 Å². The maximum atomic E-state index is 3.73. The van der Waals surface area contributed by atoms with Crippen molar-refractivity contribution in [3.63, 3.8) is 0 Å². The summed E-state index contributed by atoms with van der Waals surface area (Å²) in [6, 6.07) is 0. The van der Waals surface area contributed by atoms with Gasteiger partial charge in [-0.15, -0.1) is 0 Å². The zero-order chi connectivity index (χ0) is 5.70. The van der Waals surface area contributed by atoms with Gasteiger partial charge in [-0.3, -0.25) is 0 Å². The summed E-state index contributed by atoms with van der Waals surface area (Å²) in [6.07, 6.45) is 2.09. The molecule has 0 amide bonds. The Hall–Kier alpha value is 0.270. The Labute approximate surface area is 55.4 Å². The number of allylic oxidation sites excluding steroid dienone is 2. The van der Waals surface area contributed by atoms with Gasteiger partial charge in [0.25, 0.3) is 0 Å². The summed E-state index contributed by atoms with van der Waals surface area (Å²) in [5.41, 5.74) is 1.16. The van der Waals surface area contributed by atoms with Crippen LogP contribution in [-0.2, 0) is 0 Å². The Morgan fingerprint density at radius 1 is 1.71 bits per heavy atom. The SMILES string of the molecule is C=C(C)C=C[Te]C. The summed E-state index contributed by atoms with van der Waals surface area (Å²) in [6.45, 7) is 5.74. The maximum absolute atomic E-state index is 3.73. The molecule has 0 aromatic rings. The summed E-state index contributed by atoms with van der Waals surface area (Å²) in [4.78, 5) is 2.24. The fraction of sp³-hybridized carbons (Fsp3) is 0.333. The molecular weight excluding hydrogens is 200 g/mol. The van der Waals surface area contributed by atoms with E-state index in [2.05, 4.69) is 21.8 Å². The van der Waals surface area contributed by atoms with Gasteiger partial charge >= 0.3 is 55.2 Å². The van der Waals surface area contributed by atoms with Crippen LogP contribution >= 0.6 is 0 Å². The van der Waals surface area contributed by atoms with E-state index >= 15 is 0 Å². The minimum absolute atomic E-state index is 0.192. The van der Waals surface area contributed by atoms with E-state index in [1.807, 2.05) is 6.92 Å². The van der Waals surface area contributed by atoms with Crippen LogP contribution in [0.25, 0.3) is 0 Å². The molecule has 0 saturated heterocycles. The van der Waals surface area contributed by atoms with Crippen molar-refractivity contribution >= 4 is 20.9 Å². The van der Waals surface area contributed by atoms with Gasteiger partial charge < -0.3 is 0 Å². The predicted octanol–water partition coefficient (Wildman–Crippen LogP) is 1.83. The molecule has 0 bridgehead atoms. The van der Waals surface area contributed by atoms with Crippen LogP contribution in [0.4, 0.5) is 0 Å². The van der Waals surface area contributed by atoms with Crippen molar-refractivity contribution in [1.29, 1.82) is 0 Å². The van der Waals surface area contributed by atoms with Crippen molar-refractivity contribution in [3.05, 3.63) is 22.4 Å². The van der Waals surface area contributed by atoms with E-state index in [9.17, 15) is 0 Å². The Morgan fingerprint density at radius 3 is 2.43 bits per heavy atom. The van der Waals surface area contributed by atoms with Gasteiger partial charge in [-0.25, -0.2) is 0 Å². The molecule has 0 aromatic carbocycles. The standard InChI is InChI=1S/C6H10Te/c1-6(2)4-5-7-3/h4-5H,1H2,2-3H3. The van der Waals surface area contributed by atoms with E-state index in [4.69, 9.17) is 0 Å². The number of rotatable bonds is 2. The van der Waals surface area contributed by atoms with Gasteiger partial charge in [0.05, 0.1) is 0 Å². The predicted molar refractivity (Wildman–Crippen MR) is 35.6 cm³/mol. The number of hydrogen-bond acceptors (Lipinski definition) is 0. The molecule has 40 valence electrons. The third-order valence-corrected chi connectivity index (χ3v) is 1.65. The molecule has 1 heteroatoms. The van der Waals surface area contributed by atoms with Gasteiger partial charge in [0.2, 0.25) is 0 Å². The summed E-state index contributed by atoms with van der Waals surface area (Å²) in [5, 5.41) is 0. The molecule has 7 heavy (non-hydrogen) atoms. The van der Waals surface area contributed by atoms with Crippen LogP contribution in [0.1, 0.15) is 6.92 Å². The first-order valence-corrected chi connectivity index (χ1v) is 5.80. The van der Waals surface area contributed by atoms with E-state index < -0.39 is 0 Å². The third-order valence-electron chi connectivity index (χ3n) is 0.489. The molecule has 0 aliphatic heterocycles. The topological polar surface area (TPSA) is 0 Å². The molecule has 0 spiro atoms. The first kappa shape index (κ1) is 7.27. The van der Waals surface area contributed by atoms with E-state index in [1.54, 1.807) is 0 Å². The van der Waals surface area contributed by atoms with E-state index in [-0.39, 0.29) is 20.9 Å². The average Bonchev–Trinajstić information content (AvgIpc) is 1.61. The van der Waals surface area contributed by atoms with E-state index in [0.717, 1.165) is 5.57 Å². The molecule has 0 heterocycles. The fourth-order valence-electron chi connectivity index (χ4n) is 0.184. The van der Waals surface area contributed by atoms with Gasteiger partial charge in [0, 0.05) is 0 Å². The molecule has 0 N–H and O–H groups in total. The summed E-state index contributed by atoms with van der Waals surface area (Å²) in [5.74, 6) is 0. The van der Waals surface area contributed by atoms with Crippen molar-refractivity contribution < 1.29 is 0 Å². The number of hydrogen-bond donors (Lipinski definition) is 0. The summed E-state index contributed by atoms with van der Waals surface area (Å²) >= 11 is 0.192. The van der Waals surface area contributed by atoms with E-state index in [1.165, 1.54) is 0 Å². The molecule has 0 saturated carbocycles. The monoisotopic (exact) mass is 212 g/mol. The zero-order valence-electron chi connectivity index (χ0n) is 4.77. The Balaban J connectivity index is 3.26. The molecular formula is C6H10Te. The zero-order valence-corrected chi connectivity index (χ0v) is 7.10. The second-order valence-electron chi connectivity index (χ2n) is 1.38.